The highest BCUT2D eigenvalue weighted by molar-refractivity contribution is 8.09. The van der Waals surface area contributed by atoms with Gasteiger partial charge in [-0.2, -0.15) is 0 Å². The van der Waals surface area contributed by atoms with Gasteiger partial charge in [0.15, 0.2) is 0 Å². The first-order valence-corrected chi connectivity index (χ1v) is 12.8. The Labute approximate surface area is 209 Å². The molecule has 2 aromatic carbocycles. The van der Waals surface area contributed by atoms with E-state index in [1.54, 1.807) is 36.0 Å². The van der Waals surface area contributed by atoms with Crippen molar-refractivity contribution in [1.29, 1.82) is 0 Å². The van der Waals surface area contributed by atoms with Gasteiger partial charge >= 0.3 is 5.97 Å². The summed E-state index contributed by atoms with van der Waals surface area (Å²) in [7, 11) is 0. The van der Waals surface area contributed by atoms with Crippen molar-refractivity contribution < 1.29 is 24.2 Å². The van der Waals surface area contributed by atoms with Crippen molar-refractivity contribution in [2.75, 3.05) is 13.1 Å². The summed E-state index contributed by atoms with van der Waals surface area (Å²) in [5, 5.41) is 14.7. The van der Waals surface area contributed by atoms with Crippen molar-refractivity contribution in [2.45, 2.75) is 43.5 Å². The van der Waals surface area contributed by atoms with E-state index in [0.29, 0.717) is 56.5 Å². The molecule has 0 radical (unpaired) electrons. The number of allylic oxidation sites excluding steroid dienone is 1. The van der Waals surface area contributed by atoms with E-state index in [2.05, 4.69) is 16.7 Å². The van der Waals surface area contributed by atoms with E-state index >= 15 is 0 Å². The average molecular weight is 495 g/mol. The predicted octanol–water partition coefficient (Wildman–Crippen LogP) is 4.10. The fourth-order valence-electron chi connectivity index (χ4n) is 4.30. The first kappa shape index (κ1) is 24.9. The normalized spacial score (nSPS) is 21.6. The van der Waals surface area contributed by atoms with Crippen molar-refractivity contribution in [3.8, 4) is 5.75 Å². The van der Waals surface area contributed by atoms with Gasteiger partial charge in [0.1, 0.15) is 5.75 Å². The molecule has 3 N–H and O–H groups in total. The van der Waals surface area contributed by atoms with Crippen LogP contribution in [0.25, 0.3) is 4.91 Å². The maximum Gasteiger partial charge on any atom is 0.306 e. The van der Waals surface area contributed by atoms with Crippen LogP contribution in [0.1, 0.15) is 48.0 Å². The summed E-state index contributed by atoms with van der Waals surface area (Å²) < 4.78 is 5.95. The molecule has 2 aromatic rings. The number of benzene rings is 2. The molecule has 1 heterocycles. The molecule has 0 bridgehead atoms. The van der Waals surface area contributed by atoms with Gasteiger partial charge in [-0.3, -0.25) is 14.4 Å². The first-order valence-electron chi connectivity index (χ1n) is 12.0. The third-order valence-electron chi connectivity index (χ3n) is 6.29. The molecule has 2 amide bonds. The van der Waals surface area contributed by atoms with E-state index in [4.69, 9.17) is 9.84 Å². The first-order chi connectivity index (χ1) is 17.0. The van der Waals surface area contributed by atoms with Gasteiger partial charge in [0.2, 0.25) is 5.91 Å². The zero-order valence-corrected chi connectivity index (χ0v) is 20.3. The fourth-order valence-corrected chi connectivity index (χ4v) is 5.45. The Balaban J connectivity index is 1.14. The lowest BCUT2D eigenvalue weighted by Crippen LogP contribution is -2.38. The minimum atomic E-state index is -0.731. The molecule has 1 aliphatic heterocycles. The van der Waals surface area contributed by atoms with Crippen LogP contribution in [0.2, 0.25) is 0 Å². The largest absolute Gasteiger partial charge is 0.490 e. The molecule has 2 aliphatic rings. The van der Waals surface area contributed by atoms with Gasteiger partial charge in [-0.25, -0.2) is 0 Å². The Morgan fingerprint density at radius 1 is 0.914 bits per heavy atom. The van der Waals surface area contributed by atoms with E-state index in [1.807, 2.05) is 30.3 Å². The maximum absolute atomic E-state index is 12.5. The summed E-state index contributed by atoms with van der Waals surface area (Å²) in [6.07, 6.45) is 5.48. The second kappa shape index (κ2) is 11.9. The second-order valence-corrected chi connectivity index (χ2v) is 10.0. The van der Waals surface area contributed by atoms with E-state index in [-0.39, 0.29) is 29.1 Å². The van der Waals surface area contributed by atoms with Gasteiger partial charge in [-0.05, 0) is 61.9 Å². The quantitative estimate of drug-likeness (QED) is 0.454. The number of hydrogen-bond acceptors (Lipinski definition) is 5. The van der Waals surface area contributed by atoms with E-state index in [9.17, 15) is 14.4 Å². The molecular formula is C27H30N2O5S. The third-order valence-corrected chi connectivity index (χ3v) is 7.64. The number of amides is 2. The van der Waals surface area contributed by atoms with Gasteiger partial charge in [-0.1, -0.05) is 36.4 Å². The summed E-state index contributed by atoms with van der Waals surface area (Å²) >= 11 is 1.57. The van der Waals surface area contributed by atoms with E-state index in [1.165, 1.54) is 0 Å². The number of rotatable bonds is 9. The number of carbonyl (C=O) groups excluding carboxylic acids is 2. The molecule has 0 saturated heterocycles. The minimum Gasteiger partial charge on any atom is -0.490 e. The topological polar surface area (TPSA) is 105 Å². The number of thioether (sulfide) groups is 1. The Kier molecular flexibility index (Phi) is 8.47. The lowest BCUT2D eigenvalue weighted by atomic mass is 9.87. The molecule has 4 rings (SSSR count). The van der Waals surface area contributed by atoms with Crippen molar-refractivity contribution in [3.63, 3.8) is 0 Å². The van der Waals surface area contributed by atoms with Gasteiger partial charge < -0.3 is 20.5 Å². The smallest absolute Gasteiger partial charge is 0.306 e. The van der Waals surface area contributed by atoms with E-state index < -0.39 is 5.97 Å². The number of hydrogen-bond donors (Lipinski definition) is 3. The van der Waals surface area contributed by atoms with Gasteiger partial charge in [0, 0.05) is 23.6 Å². The zero-order chi connectivity index (χ0) is 24.6. The average Bonchev–Trinajstić information content (AvgIpc) is 3.38. The molecule has 35 heavy (non-hydrogen) atoms. The van der Waals surface area contributed by atoms with E-state index in [0.717, 1.165) is 10.5 Å². The molecule has 1 unspecified atom stereocenters. The molecule has 0 spiro atoms. The van der Waals surface area contributed by atoms with Crippen LogP contribution in [0.5, 0.6) is 5.75 Å². The Hall–Kier alpha value is -3.26. The van der Waals surface area contributed by atoms with Gasteiger partial charge in [0.05, 0.1) is 17.3 Å². The number of carboxylic acid groups (broad SMARTS) is 1. The van der Waals surface area contributed by atoms with Gasteiger partial charge in [-0.15, -0.1) is 11.8 Å². The molecule has 1 fully saturated rings. The number of nitrogens with one attached hydrogen (secondary N) is 2. The standard InChI is InChI=1S/C27H30N2O5S/c30-25(19-6-10-21(11-7-19)34-22-12-8-20(9-13-22)27(32)33)28-16-17-29-26(31)24-15-14-23(35-24)18-4-2-1-3-5-18/h1-7,10-11,14,20,22,24H,8-9,12-13,15-17H2,(H,28,30)(H,29,31)(H,32,33). The van der Waals surface area contributed by atoms with Crippen LogP contribution in [0, 0.1) is 5.92 Å². The predicted molar refractivity (Wildman–Crippen MR) is 136 cm³/mol. The molecule has 8 heteroatoms. The van der Waals surface area contributed by atoms with Crippen LogP contribution in [0.15, 0.2) is 60.7 Å². The van der Waals surface area contributed by atoms with Crippen LogP contribution < -0.4 is 15.4 Å². The molecule has 1 aliphatic carbocycles. The highest BCUT2D eigenvalue weighted by Crippen LogP contribution is 2.39. The molecule has 0 aromatic heterocycles. The van der Waals surface area contributed by atoms with Crippen LogP contribution in [-0.4, -0.2) is 47.3 Å². The molecule has 1 saturated carbocycles. The Morgan fingerprint density at radius 2 is 1.60 bits per heavy atom. The lowest BCUT2D eigenvalue weighted by molar-refractivity contribution is -0.143. The molecule has 184 valence electrons. The fraction of sp³-hybridized carbons (Fsp3) is 0.370. The monoisotopic (exact) mass is 494 g/mol. The Morgan fingerprint density at radius 3 is 2.29 bits per heavy atom. The second-order valence-electron chi connectivity index (χ2n) is 8.78. The van der Waals surface area contributed by atoms with Crippen molar-refractivity contribution >= 4 is 34.5 Å². The van der Waals surface area contributed by atoms with Gasteiger partial charge in [0.25, 0.3) is 5.91 Å². The highest BCUT2D eigenvalue weighted by Gasteiger charge is 2.27. The summed E-state index contributed by atoms with van der Waals surface area (Å²) in [4.78, 5) is 37.1. The molecule has 7 nitrogen and oxygen atoms in total. The number of carbonyl (C=O) groups is 3. The van der Waals surface area contributed by atoms with Crippen LogP contribution in [0.4, 0.5) is 0 Å². The molecular weight excluding hydrogens is 464 g/mol. The Bertz CT molecular complexity index is 1060. The van der Waals surface area contributed by atoms with Crippen molar-refractivity contribution in [3.05, 3.63) is 71.8 Å². The van der Waals surface area contributed by atoms with Crippen LogP contribution >= 0.6 is 11.8 Å². The SMILES string of the molecule is O=C(NCCNC(=O)C1CC=C(c2ccccc2)S1)c1ccc(OC2CCC(C(=O)O)CC2)cc1. The summed E-state index contributed by atoms with van der Waals surface area (Å²) in [6, 6.07) is 17.0. The number of carboxylic acids is 1. The van der Waals surface area contributed by atoms with Crippen LogP contribution in [0.3, 0.4) is 0 Å². The third kappa shape index (κ3) is 6.88. The maximum atomic E-state index is 12.5. The zero-order valence-electron chi connectivity index (χ0n) is 19.4. The summed E-state index contributed by atoms with van der Waals surface area (Å²) in [6.45, 7) is 0.703. The minimum absolute atomic E-state index is 0.00545. The lowest BCUT2D eigenvalue weighted by Gasteiger charge is -2.26. The highest BCUT2D eigenvalue weighted by atomic mass is 32.2. The summed E-state index contributed by atoms with van der Waals surface area (Å²) in [5.74, 6) is -0.567. The van der Waals surface area contributed by atoms with Crippen molar-refractivity contribution in [2.24, 2.45) is 5.92 Å². The molecule has 1 atom stereocenters. The number of aliphatic carboxylic acids is 1. The van der Waals surface area contributed by atoms with Crippen LogP contribution in [-0.2, 0) is 9.59 Å². The summed E-state index contributed by atoms with van der Waals surface area (Å²) in [5.41, 5.74) is 1.64. The van der Waals surface area contributed by atoms with Crippen molar-refractivity contribution in [1.82, 2.24) is 10.6 Å². The number of ether oxygens (including phenoxy) is 1.